The van der Waals surface area contributed by atoms with Crippen LogP contribution in [0.1, 0.15) is 27.2 Å². The molecule has 0 saturated heterocycles. The molecule has 0 bridgehead atoms. The van der Waals surface area contributed by atoms with Crippen LogP contribution in [0.2, 0.25) is 0 Å². The van der Waals surface area contributed by atoms with E-state index in [-0.39, 0.29) is 5.97 Å². The molecular formula is C12H26N2O3. The molecule has 0 aromatic rings. The number of nitrogens with zero attached hydrogens (tertiary/aromatic N) is 1. The van der Waals surface area contributed by atoms with E-state index in [1.54, 1.807) is 6.92 Å². The standard InChI is InChI=1S/C12H26N2O3/c1-4-14(5-2)10-11(15)9-13-8-7-12(16)17-6-3/h11,13,15H,4-10H2,1-3H3. The Balaban J connectivity index is 3.50. The van der Waals surface area contributed by atoms with Crippen LogP contribution in [0.3, 0.4) is 0 Å². The second-order valence-electron chi connectivity index (χ2n) is 3.90. The van der Waals surface area contributed by atoms with Crippen molar-refractivity contribution in [1.29, 1.82) is 0 Å². The highest BCUT2D eigenvalue weighted by Gasteiger charge is 2.08. The lowest BCUT2D eigenvalue weighted by molar-refractivity contribution is -0.143. The van der Waals surface area contributed by atoms with Crippen LogP contribution in [0.5, 0.6) is 0 Å². The molecule has 0 aliphatic heterocycles. The van der Waals surface area contributed by atoms with Gasteiger partial charge >= 0.3 is 5.97 Å². The lowest BCUT2D eigenvalue weighted by Crippen LogP contribution is -2.38. The van der Waals surface area contributed by atoms with Crippen molar-refractivity contribution in [3.63, 3.8) is 0 Å². The molecule has 0 aliphatic carbocycles. The Kier molecular flexibility index (Phi) is 10.1. The quantitative estimate of drug-likeness (QED) is 0.427. The van der Waals surface area contributed by atoms with Gasteiger partial charge in [-0.1, -0.05) is 13.8 Å². The number of hydrogen-bond donors (Lipinski definition) is 2. The fourth-order valence-electron chi connectivity index (χ4n) is 1.54. The molecule has 0 heterocycles. The maximum absolute atomic E-state index is 11.0. The van der Waals surface area contributed by atoms with E-state index in [9.17, 15) is 9.90 Å². The summed E-state index contributed by atoms with van der Waals surface area (Å²) in [5, 5.41) is 12.8. The van der Waals surface area contributed by atoms with E-state index < -0.39 is 6.10 Å². The van der Waals surface area contributed by atoms with Gasteiger partial charge in [-0.05, 0) is 20.0 Å². The Hall–Kier alpha value is -0.650. The first kappa shape index (κ1) is 16.4. The van der Waals surface area contributed by atoms with Gasteiger partial charge in [0.05, 0.1) is 19.1 Å². The van der Waals surface area contributed by atoms with Crippen LogP contribution < -0.4 is 5.32 Å². The van der Waals surface area contributed by atoms with E-state index in [4.69, 9.17) is 4.74 Å². The Labute approximate surface area is 104 Å². The number of rotatable bonds is 10. The lowest BCUT2D eigenvalue weighted by atomic mass is 10.3. The van der Waals surface area contributed by atoms with E-state index in [0.717, 1.165) is 13.1 Å². The first-order valence-corrected chi connectivity index (χ1v) is 6.40. The monoisotopic (exact) mass is 246 g/mol. The number of carbonyl (C=O) groups excluding carboxylic acids is 1. The molecule has 5 heteroatoms. The van der Waals surface area contributed by atoms with Gasteiger partial charge in [-0.3, -0.25) is 4.79 Å². The molecule has 0 rings (SSSR count). The predicted octanol–water partition coefficient (Wildman–Crippen LogP) is 0.232. The second kappa shape index (κ2) is 10.5. The van der Waals surface area contributed by atoms with Gasteiger partial charge in [0, 0.05) is 19.6 Å². The van der Waals surface area contributed by atoms with Gasteiger partial charge in [0.15, 0.2) is 0 Å². The number of hydrogen-bond acceptors (Lipinski definition) is 5. The maximum Gasteiger partial charge on any atom is 0.307 e. The molecule has 1 atom stereocenters. The minimum absolute atomic E-state index is 0.196. The summed E-state index contributed by atoms with van der Waals surface area (Å²) in [6.07, 6.45) is -0.0386. The molecule has 0 spiro atoms. The zero-order chi connectivity index (χ0) is 13.1. The van der Waals surface area contributed by atoms with E-state index >= 15 is 0 Å². The number of esters is 1. The van der Waals surface area contributed by atoms with Crippen molar-refractivity contribution >= 4 is 5.97 Å². The summed E-state index contributed by atoms with van der Waals surface area (Å²) in [4.78, 5) is 13.2. The van der Waals surface area contributed by atoms with Crippen LogP contribution in [-0.2, 0) is 9.53 Å². The molecular weight excluding hydrogens is 220 g/mol. The summed E-state index contributed by atoms with van der Waals surface area (Å²) in [5.74, 6) is -0.196. The van der Waals surface area contributed by atoms with Gasteiger partial charge in [0.1, 0.15) is 0 Å². The van der Waals surface area contributed by atoms with Crippen LogP contribution in [0, 0.1) is 0 Å². The summed E-state index contributed by atoms with van der Waals surface area (Å²) in [6, 6.07) is 0. The molecule has 0 aliphatic rings. The van der Waals surface area contributed by atoms with Crippen molar-refractivity contribution in [3.05, 3.63) is 0 Å². The van der Waals surface area contributed by atoms with E-state index in [1.807, 2.05) is 0 Å². The number of likely N-dealkylation sites (N-methyl/N-ethyl adjacent to an activating group) is 1. The number of ether oxygens (including phenoxy) is 1. The first-order valence-electron chi connectivity index (χ1n) is 6.40. The topological polar surface area (TPSA) is 61.8 Å². The predicted molar refractivity (Wildman–Crippen MR) is 67.9 cm³/mol. The molecule has 0 amide bonds. The van der Waals surface area contributed by atoms with Crippen LogP contribution in [0.25, 0.3) is 0 Å². The minimum atomic E-state index is -0.392. The Morgan fingerprint density at radius 2 is 2.00 bits per heavy atom. The molecule has 1 unspecified atom stereocenters. The number of nitrogens with one attached hydrogen (secondary N) is 1. The molecule has 0 saturated carbocycles. The fraction of sp³-hybridized carbons (Fsp3) is 0.917. The summed E-state index contributed by atoms with van der Waals surface area (Å²) in [5.41, 5.74) is 0. The van der Waals surface area contributed by atoms with Gasteiger partial charge in [0.25, 0.3) is 0 Å². The van der Waals surface area contributed by atoms with Crippen molar-refractivity contribution in [3.8, 4) is 0 Å². The summed E-state index contributed by atoms with van der Waals surface area (Å²) in [7, 11) is 0. The minimum Gasteiger partial charge on any atom is -0.466 e. The fourth-order valence-corrected chi connectivity index (χ4v) is 1.54. The molecule has 0 fully saturated rings. The largest absolute Gasteiger partial charge is 0.466 e. The highest BCUT2D eigenvalue weighted by molar-refractivity contribution is 5.69. The van der Waals surface area contributed by atoms with E-state index in [0.29, 0.717) is 32.7 Å². The number of carbonyl (C=O) groups is 1. The number of aliphatic hydroxyl groups is 1. The third-order valence-electron chi connectivity index (χ3n) is 2.55. The van der Waals surface area contributed by atoms with Gasteiger partial charge in [0.2, 0.25) is 0 Å². The second-order valence-corrected chi connectivity index (χ2v) is 3.90. The summed E-state index contributed by atoms with van der Waals surface area (Å²) >= 11 is 0. The Bertz CT molecular complexity index is 196. The molecule has 0 aromatic carbocycles. The van der Waals surface area contributed by atoms with Gasteiger partial charge < -0.3 is 20.1 Å². The average Bonchev–Trinajstić information content (AvgIpc) is 2.32. The van der Waals surface area contributed by atoms with Gasteiger partial charge in [-0.2, -0.15) is 0 Å². The molecule has 2 N–H and O–H groups in total. The van der Waals surface area contributed by atoms with Gasteiger partial charge in [-0.15, -0.1) is 0 Å². The summed E-state index contributed by atoms with van der Waals surface area (Å²) < 4.78 is 4.80. The van der Waals surface area contributed by atoms with Crippen LogP contribution in [0.15, 0.2) is 0 Å². The van der Waals surface area contributed by atoms with E-state index in [1.165, 1.54) is 0 Å². The highest BCUT2D eigenvalue weighted by Crippen LogP contribution is 1.91. The van der Waals surface area contributed by atoms with Crippen molar-refractivity contribution in [2.75, 3.05) is 39.3 Å². The summed E-state index contributed by atoms with van der Waals surface area (Å²) in [6.45, 7) is 9.97. The normalized spacial score (nSPS) is 12.8. The third-order valence-corrected chi connectivity index (χ3v) is 2.55. The zero-order valence-electron chi connectivity index (χ0n) is 11.2. The number of aliphatic hydroxyl groups excluding tert-OH is 1. The smallest absolute Gasteiger partial charge is 0.307 e. The van der Waals surface area contributed by atoms with Crippen molar-refractivity contribution in [2.45, 2.75) is 33.3 Å². The third kappa shape index (κ3) is 9.09. The molecule has 5 nitrogen and oxygen atoms in total. The first-order chi connectivity index (χ1) is 8.13. The van der Waals surface area contributed by atoms with Crippen LogP contribution in [0.4, 0.5) is 0 Å². The van der Waals surface area contributed by atoms with Crippen molar-refractivity contribution in [1.82, 2.24) is 10.2 Å². The molecule has 0 aromatic heterocycles. The Morgan fingerprint density at radius 3 is 2.53 bits per heavy atom. The molecule has 17 heavy (non-hydrogen) atoms. The van der Waals surface area contributed by atoms with Crippen molar-refractivity contribution in [2.24, 2.45) is 0 Å². The average molecular weight is 246 g/mol. The lowest BCUT2D eigenvalue weighted by Gasteiger charge is -2.21. The highest BCUT2D eigenvalue weighted by atomic mass is 16.5. The zero-order valence-corrected chi connectivity index (χ0v) is 11.2. The van der Waals surface area contributed by atoms with E-state index in [2.05, 4.69) is 24.1 Å². The Morgan fingerprint density at radius 1 is 1.35 bits per heavy atom. The SMILES string of the molecule is CCOC(=O)CCNCC(O)CN(CC)CC. The van der Waals surface area contributed by atoms with Crippen molar-refractivity contribution < 1.29 is 14.6 Å². The van der Waals surface area contributed by atoms with Crippen LogP contribution >= 0.6 is 0 Å². The maximum atomic E-state index is 11.0. The molecule has 102 valence electrons. The van der Waals surface area contributed by atoms with Gasteiger partial charge in [-0.25, -0.2) is 0 Å². The van der Waals surface area contributed by atoms with Crippen LogP contribution in [-0.4, -0.2) is 61.4 Å². The molecule has 0 radical (unpaired) electrons.